The highest BCUT2D eigenvalue weighted by Gasteiger charge is 2.18. The Bertz CT molecular complexity index is 389. The van der Waals surface area contributed by atoms with Crippen LogP contribution < -0.4 is 11.1 Å². The molecule has 0 spiro atoms. The maximum Gasteiger partial charge on any atom is 0.241 e. The number of carbonyl (C=O) groups excluding carboxylic acids is 1. The van der Waals surface area contributed by atoms with Crippen molar-refractivity contribution < 1.29 is 9.90 Å². The molecule has 4 N–H and O–H groups in total. The minimum atomic E-state index is -0.570. The SMILES string of the molecule is Cc1ccc(O)c(NC(=O)[C@@H](N)C(C)C)c1. The van der Waals surface area contributed by atoms with Crippen molar-refractivity contribution in [2.75, 3.05) is 5.32 Å². The van der Waals surface area contributed by atoms with E-state index >= 15 is 0 Å². The summed E-state index contributed by atoms with van der Waals surface area (Å²) in [5, 5.41) is 12.2. The van der Waals surface area contributed by atoms with E-state index in [2.05, 4.69) is 5.32 Å². The van der Waals surface area contributed by atoms with Crippen LogP contribution in [0.15, 0.2) is 18.2 Å². The summed E-state index contributed by atoms with van der Waals surface area (Å²) in [5.41, 5.74) is 7.07. The van der Waals surface area contributed by atoms with Gasteiger partial charge in [-0.05, 0) is 30.5 Å². The molecule has 0 unspecified atom stereocenters. The van der Waals surface area contributed by atoms with Gasteiger partial charge in [-0.3, -0.25) is 4.79 Å². The number of aromatic hydroxyl groups is 1. The predicted molar refractivity (Wildman–Crippen MR) is 64.3 cm³/mol. The van der Waals surface area contributed by atoms with Crippen molar-refractivity contribution in [2.24, 2.45) is 11.7 Å². The average Bonchev–Trinajstić information content (AvgIpc) is 2.22. The number of nitrogens with two attached hydrogens (primary N) is 1. The van der Waals surface area contributed by atoms with Crippen molar-refractivity contribution in [1.82, 2.24) is 0 Å². The van der Waals surface area contributed by atoms with Crippen molar-refractivity contribution in [3.05, 3.63) is 23.8 Å². The molecule has 0 aliphatic rings. The van der Waals surface area contributed by atoms with E-state index in [1.807, 2.05) is 20.8 Å². The molecule has 0 saturated heterocycles. The standard InChI is InChI=1S/C12H18N2O2/c1-7(2)11(13)12(16)14-9-6-8(3)4-5-10(9)15/h4-7,11,15H,13H2,1-3H3,(H,14,16)/t11-/m0/s1. The maximum atomic E-state index is 11.7. The molecular formula is C12H18N2O2. The van der Waals surface area contributed by atoms with Crippen LogP contribution >= 0.6 is 0 Å². The summed E-state index contributed by atoms with van der Waals surface area (Å²) in [5.74, 6) is -0.169. The molecule has 0 heterocycles. The Morgan fingerprint density at radius 1 is 1.44 bits per heavy atom. The van der Waals surface area contributed by atoms with Crippen LogP contribution in [-0.2, 0) is 4.79 Å². The molecule has 0 aliphatic heterocycles. The van der Waals surface area contributed by atoms with Crippen LogP contribution in [0.5, 0.6) is 5.75 Å². The number of carbonyl (C=O) groups is 1. The van der Waals surface area contributed by atoms with Gasteiger partial charge >= 0.3 is 0 Å². The summed E-state index contributed by atoms with van der Waals surface area (Å²) in [6.45, 7) is 5.64. The zero-order chi connectivity index (χ0) is 12.3. The first-order chi connectivity index (χ1) is 7.41. The molecule has 16 heavy (non-hydrogen) atoms. The van der Waals surface area contributed by atoms with Gasteiger partial charge in [-0.2, -0.15) is 0 Å². The van der Waals surface area contributed by atoms with Crippen molar-refractivity contribution in [1.29, 1.82) is 0 Å². The third kappa shape index (κ3) is 2.97. The van der Waals surface area contributed by atoms with Gasteiger partial charge in [-0.15, -0.1) is 0 Å². The lowest BCUT2D eigenvalue weighted by Crippen LogP contribution is -2.39. The first-order valence-corrected chi connectivity index (χ1v) is 5.28. The van der Waals surface area contributed by atoms with Gasteiger partial charge < -0.3 is 16.2 Å². The number of phenolic OH excluding ortho intramolecular Hbond substituents is 1. The van der Waals surface area contributed by atoms with E-state index in [1.54, 1.807) is 18.2 Å². The average molecular weight is 222 g/mol. The van der Waals surface area contributed by atoms with E-state index < -0.39 is 6.04 Å². The zero-order valence-electron chi connectivity index (χ0n) is 9.82. The summed E-state index contributed by atoms with van der Waals surface area (Å²) >= 11 is 0. The molecular weight excluding hydrogens is 204 g/mol. The summed E-state index contributed by atoms with van der Waals surface area (Å²) in [6.07, 6.45) is 0. The molecule has 0 aromatic heterocycles. The van der Waals surface area contributed by atoms with Crippen LogP contribution in [0.1, 0.15) is 19.4 Å². The van der Waals surface area contributed by atoms with Gasteiger partial charge in [0, 0.05) is 0 Å². The number of rotatable bonds is 3. The molecule has 0 aliphatic carbocycles. The lowest BCUT2D eigenvalue weighted by molar-refractivity contribution is -0.118. The van der Waals surface area contributed by atoms with Crippen LogP contribution in [0, 0.1) is 12.8 Å². The van der Waals surface area contributed by atoms with Crippen molar-refractivity contribution in [2.45, 2.75) is 26.8 Å². The van der Waals surface area contributed by atoms with Crippen LogP contribution in [0.4, 0.5) is 5.69 Å². The van der Waals surface area contributed by atoms with Gasteiger partial charge in [0.25, 0.3) is 0 Å². The molecule has 1 aromatic rings. The van der Waals surface area contributed by atoms with E-state index in [9.17, 15) is 9.90 Å². The van der Waals surface area contributed by atoms with Crippen molar-refractivity contribution >= 4 is 11.6 Å². The predicted octanol–water partition coefficient (Wildman–Crippen LogP) is 1.62. The Labute approximate surface area is 95.5 Å². The number of aryl methyl sites for hydroxylation is 1. The lowest BCUT2D eigenvalue weighted by Gasteiger charge is -2.16. The number of phenols is 1. The minimum Gasteiger partial charge on any atom is -0.506 e. The molecule has 0 radical (unpaired) electrons. The van der Waals surface area contributed by atoms with Crippen molar-refractivity contribution in [3.8, 4) is 5.75 Å². The molecule has 0 bridgehead atoms. The fourth-order valence-electron chi connectivity index (χ4n) is 1.27. The molecule has 4 nitrogen and oxygen atoms in total. The summed E-state index contributed by atoms with van der Waals surface area (Å²) < 4.78 is 0. The molecule has 1 aromatic carbocycles. The van der Waals surface area contributed by atoms with Gasteiger partial charge in [0.15, 0.2) is 0 Å². The van der Waals surface area contributed by atoms with Crippen LogP contribution in [0.25, 0.3) is 0 Å². The molecule has 0 saturated carbocycles. The number of hydrogen-bond acceptors (Lipinski definition) is 3. The van der Waals surface area contributed by atoms with Gasteiger partial charge in [0.2, 0.25) is 5.91 Å². The Hall–Kier alpha value is -1.55. The molecule has 1 amide bonds. The third-order valence-corrected chi connectivity index (χ3v) is 2.43. The van der Waals surface area contributed by atoms with E-state index in [1.165, 1.54) is 0 Å². The van der Waals surface area contributed by atoms with Gasteiger partial charge in [0.05, 0.1) is 11.7 Å². The quantitative estimate of drug-likeness (QED) is 0.680. The van der Waals surface area contributed by atoms with Gasteiger partial charge in [-0.1, -0.05) is 19.9 Å². The summed E-state index contributed by atoms with van der Waals surface area (Å²) in [6, 6.07) is 4.46. The monoisotopic (exact) mass is 222 g/mol. The van der Waals surface area contributed by atoms with Crippen LogP contribution in [0.2, 0.25) is 0 Å². The second-order valence-corrected chi connectivity index (χ2v) is 4.28. The molecule has 4 heteroatoms. The Morgan fingerprint density at radius 3 is 2.62 bits per heavy atom. The summed E-state index contributed by atoms with van der Waals surface area (Å²) in [4.78, 5) is 11.7. The van der Waals surface area contributed by atoms with Gasteiger partial charge in [-0.25, -0.2) is 0 Å². The van der Waals surface area contributed by atoms with E-state index in [0.717, 1.165) is 5.56 Å². The summed E-state index contributed by atoms with van der Waals surface area (Å²) in [7, 11) is 0. The fourth-order valence-corrected chi connectivity index (χ4v) is 1.27. The number of nitrogens with one attached hydrogen (secondary N) is 1. The van der Waals surface area contributed by atoms with E-state index in [-0.39, 0.29) is 17.6 Å². The Kier molecular flexibility index (Phi) is 3.90. The third-order valence-electron chi connectivity index (χ3n) is 2.43. The second kappa shape index (κ2) is 4.99. The van der Waals surface area contributed by atoms with E-state index in [4.69, 9.17) is 5.73 Å². The van der Waals surface area contributed by atoms with Crippen LogP contribution in [0.3, 0.4) is 0 Å². The second-order valence-electron chi connectivity index (χ2n) is 4.28. The maximum absolute atomic E-state index is 11.7. The van der Waals surface area contributed by atoms with E-state index in [0.29, 0.717) is 5.69 Å². The topological polar surface area (TPSA) is 75.3 Å². The Balaban J connectivity index is 2.80. The van der Waals surface area contributed by atoms with Crippen molar-refractivity contribution in [3.63, 3.8) is 0 Å². The normalized spacial score (nSPS) is 12.6. The Morgan fingerprint density at radius 2 is 2.06 bits per heavy atom. The van der Waals surface area contributed by atoms with Crippen LogP contribution in [-0.4, -0.2) is 17.1 Å². The largest absolute Gasteiger partial charge is 0.506 e. The fraction of sp³-hybridized carbons (Fsp3) is 0.417. The van der Waals surface area contributed by atoms with Gasteiger partial charge in [0.1, 0.15) is 5.75 Å². The smallest absolute Gasteiger partial charge is 0.241 e. The number of anilines is 1. The zero-order valence-corrected chi connectivity index (χ0v) is 9.82. The number of benzene rings is 1. The first-order valence-electron chi connectivity index (χ1n) is 5.28. The lowest BCUT2D eigenvalue weighted by atomic mass is 10.0. The number of hydrogen-bond donors (Lipinski definition) is 3. The highest BCUT2D eigenvalue weighted by atomic mass is 16.3. The first kappa shape index (κ1) is 12.5. The highest BCUT2D eigenvalue weighted by molar-refractivity contribution is 5.96. The molecule has 88 valence electrons. The number of amides is 1. The highest BCUT2D eigenvalue weighted by Crippen LogP contribution is 2.24. The minimum absolute atomic E-state index is 0.0508. The molecule has 1 atom stereocenters. The molecule has 1 rings (SSSR count). The molecule has 0 fully saturated rings.